The molecule has 0 saturated carbocycles. The summed E-state index contributed by atoms with van der Waals surface area (Å²) in [7, 11) is 1.74. The number of nitrogens with one attached hydrogen (secondary N) is 1. The van der Waals surface area contributed by atoms with Gasteiger partial charge in [-0.3, -0.25) is 4.79 Å². The third-order valence-corrected chi connectivity index (χ3v) is 5.54. The first-order chi connectivity index (χ1) is 16.0. The number of ether oxygens (including phenoxy) is 1. The Labute approximate surface area is 198 Å². The smallest absolute Gasteiger partial charge is 0.410 e. The maximum atomic E-state index is 12.7. The molecule has 0 unspecified atom stereocenters. The van der Waals surface area contributed by atoms with Gasteiger partial charge in [-0.25, -0.2) is 24.7 Å². The molecule has 3 aromatic rings. The Morgan fingerprint density at radius 3 is 2.53 bits per heavy atom. The summed E-state index contributed by atoms with van der Waals surface area (Å²) in [5, 5.41) is 2.79. The van der Waals surface area contributed by atoms with Crippen LogP contribution in [0.2, 0.25) is 0 Å². The summed E-state index contributed by atoms with van der Waals surface area (Å²) in [6.45, 7) is 10.6. The number of rotatable bonds is 4. The predicted molar refractivity (Wildman–Crippen MR) is 127 cm³/mol. The van der Waals surface area contributed by atoms with Gasteiger partial charge in [0.25, 0.3) is 5.91 Å². The second-order valence-electron chi connectivity index (χ2n) is 9.53. The molecular weight excluding hydrogens is 436 g/mol. The van der Waals surface area contributed by atoms with Crippen LogP contribution in [-0.2, 0) is 4.74 Å². The fraction of sp³-hybridized carbons (Fsp3) is 0.478. The molecule has 0 aliphatic carbocycles. The van der Waals surface area contributed by atoms with Gasteiger partial charge in [0.1, 0.15) is 11.4 Å². The predicted octanol–water partition coefficient (Wildman–Crippen LogP) is 2.83. The normalized spacial score (nSPS) is 16.1. The van der Waals surface area contributed by atoms with E-state index in [0.29, 0.717) is 30.4 Å². The minimum absolute atomic E-state index is 0.00234. The van der Waals surface area contributed by atoms with Crippen LogP contribution in [0.4, 0.5) is 16.6 Å². The quantitative estimate of drug-likeness (QED) is 0.624. The van der Waals surface area contributed by atoms with Crippen LogP contribution in [0.5, 0.6) is 0 Å². The van der Waals surface area contributed by atoms with Crippen LogP contribution in [0.3, 0.4) is 0 Å². The van der Waals surface area contributed by atoms with Gasteiger partial charge in [-0.1, -0.05) is 0 Å². The lowest BCUT2D eigenvalue weighted by atomic mass is 10.2. The Morgan fingerprint density at radius 2 is 1.85 bits per heavy atom. The summed E-state index contributed by atoms with van der Waals surface area (Å²) in [6.07, 6.45) is 7.02. The Hall–Kier alpha value is -3.76. The zero-order valence-electron chi connectivity index (χ0n) is 20.4. The van der Waals surface area contributed by atoms with Gasteiger partial charge in [0.2, 0.25) is 5.95 Å². The van der Waals surface area contributed by atoms with Gasteiger partial charge in [0.05, 0.1) is 29.2 Å². The lowest BCUT2D eigenvalue weighted by Gasteiger charge is -2.28. The van der Waals surface area contributed by atoms with Crippen LogP contribution in [0.1, 0.15) is 48.9 Å². The number of hydrogen-bond acceptors (Lipinski definition) is 8. The van der Waals surface area contributed by atoms with Gasteiger partial charge in [0.15, 0.2) is 5.65 Å². The van der Waals surface area contributed by atoms with E-state index in [4.69, 9.17) is 4.74 Å². The number of aromatic nitrogens is 5. The SMILES string of the molecule is Cc1cn2cc(NC(=O)c3cnc(N4CC[C@@H](N(C)C(=O)OC(C)(C)C)C4)nc3)nc(C)c2n1. The lowest BCUT2D eigenvalue weighted by Crippen LogP contribution is -2.42. The topological polar surface area (TPSA) is 118 Å². The molecule has 11 nitrogen and oxygen atoms in total. The summed E-state index contributed by atoms with van der Waals surface area (Å²) in [4.78, 5) is 46.3. The van der Waals surface area contributed by atoms with Gasteiger partial charge >= 0.3 is 6.09 Å². The second kappa shape index (κ2) is 8.88. The van der Waals surface area contributed by atoms with E-state index in [9.17, 15) is 9.59 Å². The average Bonchev–Trinajstić information content (AvgIpc) is 3.39. The number of anilines is 2. The highest BCUT2D eigenvalue weighted by atomic mass is 16.6. The van der Waals surface area contributed by atoms with Crippen molar-refractivity contribution in [2.45, 2.75) is 52.7 Å². The van der Waals surface area contributed by atoms with E-state index in [2.05, 4.69) is 25.3 Å². The monoisotopic (exact) mass is 466 g/mol. The first-order valence-corrected chi connectivity index (χ1v) is 11.2. The van der Waals surface area contributed by atoms with E-state index in [1.807, 2.05) is 50.1 Å². The van der Waals surface area contributed by atoms with Crippen LogP contribution < -0.4 is 10.2 Å². The number of hydrogen-bond donors (Lipinski definition) is 1. The highest BCUT2D eigenvalue weighted by Gasteiger charge is 2.32. The molecule has 4 heterocycles. The van der Waals surface area contributed by atoms with Crippen molar-refractivity contribution in [2.24, 2.45) is 0 Å². The standard InChI is InChI=1S/C23H30N8O3/c1-14-11-31-13-18(27-15(2)19(31)26-14)28-20(32)16-9-24-21(25-10-16)30-8-7-17(12-30)29(6)22(33)34-23(3,4)5/h9-11,13,17H,7-8,12H2,1-6H3,(H,28,32)/t17-/m1/s1. The lowest BCUT2D eigenvalue weighted by molar-refractivity contribution is 0.0237. The number of likely N-dealkylation sites (N-methyl/N-ethyl adjacent to an activating group) is 1. The Balaban J connectivity index is 1.38. The zero-order valence-corrected chi connectivity index (χ0v) is 20.4. The Morgan fingerprint density at radius 1 is 1.15 bits per heavy atom. The number of amides is 2. The van der Waals surface area contributed by atoms with Crippen molar-refractivity contribution in [1.29, 1.82) is 0 Å². The number of carbonyl (C=O) groups is 2. The second-order valence-corrected chi connectivity index (χ2v) is 9.53. The van der Waals surface area contributed by atoms with Gasteiger partial charge in [-0.2, -0.15) is 0 Å². The van der Waals surface area contributed by atoms with E-state index in [0.717, 1.165) is 23.5 Å². The van der Waals surface area contributed by atoms with Gasteiger partial charge in [-0.15, -0.1) is 0 Å². The minimum Gasteiger partial charge on any atom is -0.444 e. The van der Waals surface area contributed by atoms with E-state index >= 15 is 0 Å². The van der Waals surface area contributed by atoms with Crippen LogP contribution >= 0.6 is 0 Å². The first kappa shape index (κ1) is 23.4. The fourth-order valence-electron chi connectivity index (χ4n) is 3.85. The summed E-state index contributed by atoms with van der Waals surface area (Å²) < 4.78 is 7.30. The maximum absolute atomic E-state index is 12.7. The van der Waals surface area contributed by atoms with Crippen molar-refractivity contribution in [3.63, 3.8) is 0 Å². The summed E-state index contributed by atoms with van der Waals surface area (Å²) in [6, 6.07) is -0.00234. The molecule has 1 fully saturated rings. The molecule has 1 aliphatic rings. The third-order valence-electron chi connectivity index (χ3n) is 5.54. The molecule has 11 heteroatoms. The molecule has 180 valence electrons. The number of aryl methyl sites for hydroxylation is 2. The average molecular weight is 467 g/mol. The van der Waals surface area contributed by atoms with E-state index in [-0.39, 0.29) is 18.0 Å². The zero-order chi connectivity index (χ0) is 24.6. The fourth-order valence-corrected chi connectivity index (χ4v) is 3.85. The maximum Gasteiger partial charge on any atom is 0.410 e. The van der Waals surface area contributed by atoms with Crippen molar-refractivity contribution in [2.75, 3.05) is 30.4 Å². The van der Waals surface area contributed by atoms with Gasteiger partial charge in [0, 0.05) is 38.7 Å². The van der Waals surface area contributed by atoms with Crippen molar-refractivity contribution >= 4 is 29.4 Å². The molecule has 3 aromatic heterocycles. The number of carbonyl (C=O) groups excluding carboxylic acids is 2. The molecule has 0 spiro atoms. The number of nitrogens with zero attached hydrogens (tertiary/aromatic N) is 7. The van der Waals surface area contributed by atoms with E-state index < -0.39 is 5.60 Å². The van der Waals surface area contributed by atoms with Crippen molar-refractivity contribution < 1.29 is 14.3 Å². The van der Waals surface area contributed by atoms with Crippen LogP contribution in [0.15, 0.2) is 24.8 Å². The van der Waals surface area contributed by atoms with Crippen LogP contribution in [0.25, 0.3) is 5.65 Å². The number of imidazole rings is 1. The van der Waals surface area contributed by atoms with E-state index in [1.165, 1.54) is 12.4 Å². The van der Waals surface area contributed by atoms with Gasteiger partial charge in [-0.05, 0) is 41.0 Å². The third kappa shape index (κ3) is 5.08. The van der Waals surface area contributed by atoms with Crippen LogP contribution in [0, 0.1) is 13.8 Å². The van der Waals surface area contributed by atoms with E-state index in [1.54, 1.807) is 18.1 Å². The molecule has 1 N–H and O–H groups in total. The summed E-state index contributed by atoms with van der Waals surface area (Å²) in [5.74, 6) is 0.587. The molecule has 1 aliphatic heterocycles. The molecule has 1 atom stereocenters. The molecule has 2 amide bonds. The Kier molecular flexibility index (Phi) is 6.11. The van der Waals surface area contributed by atoms with Crippen LogP contribution in [-0.4, -0.2) is 73.0 Å². The Bertz CT molecular complexity index is 1220. The highest BCUT2D eigenvalue weighted by molar-refractivity contribution is 6.03. The summed E-state index contributed by atoms with van der Waals surface area (Å²) in [5.41, 5.74) is 2.13. The summed E-state index contributed by atoms with van der Waals surface area (Å²) >= 11 is 0. The van der Waals surface area contributed by atoms with Crippen molar-refractivity contribution in [1.82, 2.24) is 29.2 Å². The molecule has 1 saturated heterocycles. The largest absolute Gasteiger partial charge is 0.444 e. The molecular formula is C23H30N8O3. The van der Waals surface area contributed by atoms with Crippen molar-refractivity contribution in [3.8, 4) is 0 Å². The van der Waals surface area contributed by atoms with Gasteiger partial charge < -0.3 is 24.3 Å². The molecule has 0 bridgehead atoms. The molecule has 0 aromatic carbocycles. The highest BCUT2D eigenvalue weighted by Crippen LogP contribution is 2.21. The molecule has 0 radical (unpaired) electrons. The molecule has 34 heavy (non-hydrogen) atoms. The minimum atomic E-state index is -0.541. The molecule has 4 rings (SSSR count). The van der Waals surface area contributed by atoms with Crippen molar-refractivity contribution in [3.05, 3.63) is 41.7 Å². The number of fused-ring (bicyclic) bond motifs is 1. The first-order valence-electron chi connectivity index (χ1n) is 11.2.